The minimum atomic E-state index is -0.466. The zero-order valence-corrected chi connectivity index (χ0v) is 18.0. The molecule has 1 aliphatic rings. The van der Waals surface area contributed by atoms with E-state index in [0.29, 0.717) is 16.7 Å². The summed E-state index contributed by atoms with van der Waals surface area (Å²) < 4.78 is 7.20. The summed E-state index contributed by atoms with van der Waals surface area (Å²) in [4.78, 5) is 9.28. The molecule has 0 saturated heterocycles. The van der Waals surface area contributed by atoms with Crippen LogP contribution >= 0.6 is 27.7 Å². The molecule has 1 unspecified atom stereocenters. The number of pyridine rings is 1. The van der Waals surface area contributed by atoms with Gasteiger partial charge in [0.15, 0.2) is 5.69 Å². The lowest BCUT2D eigenvalue weighted by molar-refractivity contribution is 0.220. The summed E-state index contributed by atoms with van der Waals surface area (Å²) in [5, 5.41) is 12.8. The Kier molecular flexibility index (Phi) is 5.77. The second-order valence-corrected chi connectivity index (χ2v) is 8.46. The van der Waals surface area contributed by atoms with E-state index in [9.17, 15) is 0 Å². The average molecular weight is 458 g/mol. The van der Waals surface area contributed by atoms with Crippen molar-refractivity contribution in [3.63, 3.8) is 0 Å². The smallest absolute Gasteiger partial charge is 0.247 e. The number of rotatable bonds is 5. The average Bonchev–Trinajstić information content (AvgIpc) is 2.84. The molecule has 3 aromatic rings. The number of anilines is 1. The molecule has 0 spiro atoms. The number of aromatic nitrogens is 4. The molecule has 8 heteroatoms. The number of unbranched alkanes of at least 4 members (excludes halogenated alkanes) is 1. The van der Waals surface area contributed by atoms with Gasteiger partial charge in [0.1, 0.15) is 5.69 Å². The van der Waals surface area contributed by atoms with Crippen LogP contribution in [0.1, 0.15) is 37.4 Å². The predicted molar refractivity (Wildman–Crippen MR) is 115 cm³/mol. The van der Waals surface area contributed by atoms with Gasteiger partial charge >= 0.3 is 0 Å². The summed E-state index contributed by atoms with van der Waals surface area (Å²) >= 11 is 5.14. The molecule has 2 aromatic heterocycles. The molecule has 1 aliphatic heterocycles. The summed E-state index contributed by atoms with van der Waals surface area (Å²) in [6.07, 6.45) is 1.78. The number of ether oxygens (including phenoxy) is 1. The molecule has 0 amide bonds. The number of nitrogens with zero attached hydrogens (tertiary/aromatic N) is 4. The molecule has 0 bridgehead atoms. The SMILES string of the molecule is CCCCSc1nnc2c(n1)OC(c1cccc(C)n1)Nc1ccc(Br)cc1-2. The Bertz CT molecular complexity index is 1000. The van der Waals surface area contributed by atoms with E-state index in [1.165, 1.54) is 0 Å². The van der Waals surface area contributed by atoms with Crippen LogP contribution in [0.2, 0.25) is 0 Å². The maximum absolute atomic E-state index is 6.25. The molecular weight excluding hydrogens is 438 g/mol. The van der Waals surface area contributed by atoms with Crippen molar-refractivity contribution >= 4 is 33.4 Å². The zero-order valence-electron chi connectivity index (χ0n) is 15.6. The topological polar surface area (TPSA) is 72.8 Å². The highest BCUT2D eigenvalue weighted by molar-refractivity contribution is 9.10. The number of benzene rings is 1. The van der Waals surface area contributed by atoms with Crippen molar-refractivity contribution < 1.29 is 4.74 Å². The summed E-state index contributed by atoms with van der Waals surface area (Å²) in [7, 11) is 0. The van der Waals surface area contributed by atoms with Crippen LogP contribution in [-0.2, 0) is 0 Å². The van der Waals surface area contributed by atoms with Gasteiger partial charge in [-0.25, -0.2) is 0 Å². The third-order valence-electron chi connectivity index (χ3n) is 4.30. The molecule has 6 nitrogen and oxygen atoms in total. The van der Waals surface area contributed by atoms with Crippen molar-refractivity contribution in [2.45, 2.75) is 38.1 Å². The molecule has 1 atom stereocenters. The van der Waals surface area contributed by atoms with Gasteiger partial charge in [-0.1, -0.05) is 47.1 Å². The van der Waals surface area contributed by atoms with Gasteiger partial charge in [0.2, 0.25) is 17.3 Å². The molecule has 1 aromatic carbocycles. The quantitative estimate of drug-likeness (QED) is 0.405. The standard InChI is InChI=1S/C20H20BrN5OS/c1-3-4-10-28-20-24-19-17(25-26-20)14-11-13(21)8-9-15(14)23-18(27-19)16-7-5-6-12(2)22-16/h5-9,11,18,23H,3-4,10H2,1-2H3. The van der Waals surface area contributed by atoms with E-state index < -0.39 is 6.23 Å². The third-order valence-corrected chi connectivity index (χ3v) is 5.71. The second kappa shape index (κ2) is 8.45. The number of fused-ring (bicyclic) bond motifs is 3. The third kappa shape index (κ3) is 4.12. The Morgan fingerprint density at radius 2 is 2.07 bits per heavy atom. The molecule has 28 heavy (non-hydrogen) atoms. The fourth-order valence-corrected chi connectivity index (χ4v) is 4.11. The van der Waals surface area contributed by atoms with Crippen LogP contribution in [0.15, 0.2) is 46.0 Å². The van der Waals surface area contributed by atoms with E-state index >= 15 is 0 Å². The Hall–Kier alpha value is -2.19. The maximum Gasteiger partial charge on any atom is 0.247 e. The van der Waals surface area contributed by atoms with E-state index in [1.54, 1.807) is 11.8 Å². The van der Waals surface area contributed by atoms with Gasteiger partial charge in [0, 0.05) is 27.2 Å². The van der Waals surface area contributed by atoms with Crippen LogP contribution in [0, 0.1) is 6.92 Å². The first-order valence-corrected chi connectivity index (χ1v) is 11.0. The van der Waals surface area contributed by atoms with Gasteiger partial charge < -0.3 is 10.1 Å². The minimum Gasteiger partial charge on any atom is -0.446 e. The predicted octanol–water partition coefficient (Wildman–Crippen LogP) is 5.40. The number of hydrogen-bond acceptors (Lipinski definition) is 7. The monoisotopic (exact) mass is 457 g/mol. The van der Waals surface area contributed by atoms with Crippen molar-refractivity contribution in [3.8, 4) is 17.1 Å². The summed E-state index contributed by atoms with van der Waals surface area (Å²) in [6, 6.07) is 11.9. The molecule has 1 N–H and O–H groups in total. The van der Waals surface area contributed by atoms with Crippen LogP contribution in [0.5, 0.6) is 5.88 Å². The number of aryl methyl sites for hydroxylation is 1. The maximum atomic E-state index is 6.25. The molecule has 3 heterocycles. The first kappa shape index (κ1) is 19.1. The van der Waals surface area contributed by atoms with Crippen molar-refractivity contribution in [1.29, 1.82) is 0 Å². The number of thioether (sulfide) groups is 1. The normalized spacial score (nSPS) is 15.0. The summed E-state index contributed by atoms with van der Waals surface area (Å²) in [5.74, 6) is 1.42. The zero-order chi connectivity index (χ0) is 19.5. The van der Waals surface area contributed by atoms with Crippen LogP contribution < -0.4 is 10.1 Å². The molecule has 0 aliphatic carbocycles. The van der Waals surface area contributed by atoms with Gasteiger partial charge in [-0.2, -0.15) is 4.98 Å². The van der Waals surface area contributed by atoms with E-state index in [1.807, 2.05) is 43.3 Å². The van der Waals surface area contributed by atoms with Crippen molar-refractivity contribution in [2.75, 3.05) is 11.1 Å². The largest absolute Gasteiger partial charge is 0.446 e. The van der Waals surface area contributed by atoms with Gasteiger partial charge in [0.05, 0.1) is 0 Å². The lowest BCUT2D eigenvalue weighted by Gasteiger charge is -2.18. The molecule has 0 radical (unpaired) electrons. The molecule has 144 valence electrons. The fraction of sp³-hybridized carbons (Fsp3) is 0.300. The number of nitrogens with one attached hydrogen (secondary N) is 1. The lowest BCUT2D eigenvalue weighted by atomic mass is 10.1. The van der Waals surface area contributed by atoms with E-state index in [0.717, 1.165) is 45.7 Å². The van der Waals surface area contributed by atoms with Gasteiger partial charge in [-0.05, 0) is 43.7 Å². The van der Waals surface area contributed by atoms with Crippen molar-refractivity contribution in [1.82, 2.24) is 20.2 Å². The van der Waals surface area contributed by atoms with E-state index in [-0.39, 0.29) is 0 Å². The van der Waals surface area contributed by atoms with Crippen molar-refractivity contribution in [2.24, 2.45) is 0 Å². The Balaban J connectivity index is 1.77. The van der Waals surface area contributed by atoms with Crippen LogP contribution in [0.25, 0.3) is 11.3 Å². The summed E-state index contributed by atoms with van der Waals surface area (Å²) in [6.45, 7) is 4.13. The number of halogens is 1. The Labute approximate surface area is 176 Å². The Morgan fingerprint density at radius 3 is 2.89 bits per heavy atom. The van der Waals surface area contributed by atoms with E-state index in [4.69, 9.17) is 4.74 Å². The highest BCUT2D eigenvalue weighted by Crippen LogP contribution is 2.40. The molecule has 4 rings (SSSR count). The minimum absolute atomic E-state index is 0.464. The Morgan fingerprint density at radius 1 is 1.18 bits per heavy atom. The van der Waals surface area contributed by atoms with Gasteiger partial charge in [0.25, 0.3) is 0 Å². The molecular formula is C20H20BrN5OS. The van der Waals surface area contributed by atoms with Gasteiger partial charge in [-0.15, -0.1) is 10.2 Å². The molecule has 0 fully saturated rings. The molecule has 0 saturated carbocycles. The lowest BCUT2D eigenvalue weighted by Crippen LogP contribution is -2.18. The van der Waals surface area contributed by atoms with E-state index in [2.05, 4.69) is 48.3 Å². The van der Waals surface area contributed by atoms with Crippen LogP contribution in [-0.4, -0.2) is 25.9 Å². The van der Waals surface area contributed by atoms with Gasteiger partial charge in [-0.3, -0.25) is 4.98 Å². The van der Waals surface area contributed by atoms with Crippen LogP contribution in [0.3, 0.4) is 0 Å². The highest BCUT2D eigenvalue weighted by Gasteiger charge is 2.27. The first-order chi connectivity index (χ1) is 13.6. The van der Waals surface area contributed by atoms with Crippen molar-refractivity contribution in [3.05, 3.63) is 52.3 Å². The highest BCUT2D eigenvalue weighted by atomic mass is 79.9. The van der Waals surface area contributed by atoms with Crippen LogP contribution in [0.4, 0.5) is 5.69 Å². The number of hydrogen-bond donors (Lipinski definition) is 1. The summed E-state index contributed by atoms with van der Waals surface area (Å²) in [5.41, 5.74) is 4.14. The fourth-order valence-electron chi connectivity index (χ4n) is 2.88. The first-order valence-electron chi connectivity index (χ1n) is 9.18. The second-order valence-electron chi connectivity index (χ2n) is 6.49.